The van der Waals surface area contributed by atoms with Gasteiger partial charge in [0.1, 0.15) is 5.82 Å². The van der Waals surface area contributed by atoms with Crippen molar-refractivity contribution in [2.75, 3.05) is 17.1 Å². The molecule has 140 valence electrons. The number of sulfonamides is 1. The molecule has 0 saturated carbocycles. The molecule has 1 aromatic heterocycles. The normalized spacial score (nSPS) is 20.5. The Bertz CT molecular complexity index is 855. The molecule has 1 atom stereocenters. The molecular weight excluding hydrogens is 352 g/mol. The highest BCUT2D eigenvalue weighted by Crippen LogP contribution is 2.24. The van der Waals surface area contributed by atoms with Crippen LogP contribution in [0.4, 0.5) is 5.69 Å². The summed E-state index contributed by atoms with van der Waals surface area (Å²) in [5.41, 5.74) is 1.51. The number of nitrogens with zero attached hydrogens (tertiary/aromatic N) is 3. The molecule has 1 fully saturated rings. The highest BCUT2D eigenvalue weighted by atomic mass is 32.2. The molecule has 0 radical (unpaired) electrons. The van der Waals surface area contributed by atoms with Crippen LogP contribution in [0.1, 0.15) is 37.9 Å². The molecule has 1 N–H and O–H groups in total. The molecule has 0 amide bonds. The molecule has 26 heavy (non-hydrogen) atoms. The third-order valence-electron chi connectivity index (χ3n) is 4.96. The van der Waals surface area contributed by atoms with Gasteiger partial charge in [-0.05, 0) is 56.4 Å². The van der Waals surface area contributed by atoms with E-state index in [1.807, 2.05) is 12.1 Å². The van der Waals surface area contributed by atoms with Crippen LogP contribution in [0.25, 0.3) is 11.4 Å². The Labute approximate surface area is 153 Å². The topological polar surface area (TPSA) is 86.1 Å². The van der Waals surface area contributed by atoms with Gasteiger partial charge >= 0.3 is 0 Å². The number of fused-ring (bicyclic) bond motifs is 1. The van der Waals surface area contributed by atoms with Crippen LogP contribution in [0.15, 0.2) is 24.3 Å². The summed E-state index contributed by atoms with van der Waals surface area (Å²) in [6.45, 7) is 1.59. The molecule has 1 aromatic carbocycles. The van der Waals surface area contributed by atoms with Crippen LogP contribution >= 0.6 is 0 Å². The number of hydrogen-bond donors (Lipinski definition) is 1. The lowest BCUT2D eigenvalue weighted by Gasteiger charge is -2.22. The number of rotatable bonds is 5. The quantitative estimate of drug-likeness (QED) is 0.867. The zero-order chi connectivity index (χ0) is 18.0. The van der Waals surface area contributed by atoms with Crippen molar-refractivity contribution in [3.8, 4) is 11.4 Å². The average Bonchev–Trinajstić information content (AvgIpc) is 3.07. The Balaban J connectivity index is 1.45. The lowest BCUT2D eigenvalue weighted by molar-refractivity contribution is 0.0306. The minimum Gasteiger partial charge on any atom is -0.377 e. The van der Waals surface area contributed by atoms with Crippen LogP contribution in [-0.4, -0.2) is 41.6 Å². The Morgan fingerprint density at radius 1 is 1.12 bits per heavy atom. The highest BCUT2D eigenvalue weighted by molar-refractivity contribution is 7.92. The predicted octanol–water partition coefficient (Wildman–Crippen LogP) is 2.59. The van der Waals surface area contributed by atoms with Crippen molar-refractivity contribution in [3.63, 3.8) is 0 Å². The van der Waals surface area contributed by atoms with Gasteiger partial charge in [-0.1, -0.05) is 0 Å². The third kappa shape index (κ3) is 3.91. The minimum atomic E-state index is -3.42. The van der Waals surface area contributed by atoms with E-state index in [0.29, 0.717) is 12.3 Å². The molecule has 0 unspecified atom stereocenters. The van der Waals surface area contributed by atoms with E-state index in [0.717, 1.165) is 62.3 Å². The van der Waals surface area contributed by atoms with Crippen LogP contribution in [-0.2, 0) is 27.7 Å². The molecule has 4 rings (SSSR count). The Hall–Kier alpha value is -1.93. The molecular formula is C18H24N4O3S. The second-order valence-electron chi connectivity index (χ2n) is 7.00. The molecule has 1 saturated heterocycles. The maximum atomic E-state index is 12.4. The van der Waals surface area contributed by atoms with E-state index in [4.69, 9.17) is 4.74 Å². The zero-order valence-corrected chi connectivity index (χ0v) is 15.5. The number of aryl methyl sites for hydroxylation is 1. The summed E-state index contributed by atoms with van der Waals surface area (Å²) in [7, 11) is -3.42. The Morgan fingerprint density at radius 3 is 2.73 bits per heavy atom. The van der Waals surface area contributed by atoms with Gasteiger partial charge in [-0.2, -0.15) is 0 Å². The Morgan fingerprint density at radius 2 is 1.96 bits per heavy atom. The first kappa shape index (κ1) is 17.5. The first-order valence-electron chi connectivity index (χ1n) is 9.25. The summed E-state index contributed by atoms with van der Waals surface area (Å²) in [5.74, 6) is 1.89. The lowest BCUT2D eigenvalue weighted by atomic mass is 10.1. The van der Waals surface area contributed by atoms with Gasteiger partial charge in [0.05, 0.1) is 11.9 Å². The first-order valence-corrected chi connectivity index (χ1v) is 10.9. The third-order valence-corrected chi connectivity index (χ3v) is 6.31. The number of aromatic nitrogens is 3. The molecule has 8 heteroatoms. The fourth-order valence-corrected chi connectivity index (χ4v) is 4.94. The standard InChI is InChI=1S/C18H24N4O3S/c23-26(24,13-16-5-2-4-12-25-16)21-15-9-7-14(8-10-15)18-20-19-17-6-1-3-11-22(17)18/h7-10,16,21H,1-6,11-13H2/t16-/m0/s1. The number of benzene rings is 1. The van der Waals surface area contributed by atoms with Gasteiger partial charge < -0.3 is 9.30 Å². The summed E-state index contributed by atoms with van der Waals surface area (Å²) >= 11 is 0. The molecule has 2 aliphatic rings. The van der Waals surface area contributed by atoms with Gasteiger partial charge in [0.25, 0.3) is 0 Å². The van der Waals surface area contributed by atoms with Gasteiger partial charge in [-0.15, -0.1) is 10.2 Å². The van der Waals surface area contributed by atoms with Crippen molar-refractivity contribution in [3.05, 3.63) is 30.1 Å². The predicted molar refractivity (Wildman–Crippen MR) is 99.4 cm³/mol. The van der Waals surface area contributed by atoms with Gasteiger partial charge in [0.2, 0.25) is 10.0 Å². The lowest BCUT2D eigenvalue weighted by Crippen LogP contribution is -2.30. The van der Waals surface area contributed by atoms with Crippen molar-refractivity contribution < 1.29 is 13.2 Å². The summed E-state index contributed by atoms with van der Waals surface area (Å²) < 4.78 is 35.1. The summed E-state index contributed by atoms with van der Waals surface area (Å²) in [6, 6.07) is 7.33. The summed E-state index contributed by atoms with van der Waals surface area (Å²) in [5, 5.41) is 8.57. The average molecular weight is 376 g/mol. The molecule has 0 aliphatic carbocycles. The summed E-state index contributed by atoms with van der Waals surface area (Å²) in [4.78, 5) is 0. The minimum absolute atomic E-state index is 0.00639. The number of ether oxygens (including phenoxy) is 1. The molecule has 2 aliphatic heterocycles. The van der Waals surface area contributed by atoms with E-state index in [2.05, 4.69) is 19.5 Å². The maximum absolute atomic E-state index is 12.4. The molecule has 7 nitrogen and oxygen atoms in total. The summed E-state index contributed by atoms with van der Waals surface area (Å²) in [6.07, 6.45) is 5.90. The monoisotopic (exact) mass is 376 g/mol. The molecule has 0 bridgehead atoms. The van der Waals surface area contributed by atoms with Gasteiger partial charge in [-0.3, -0.25) is 4.72 Å². The number of anilines is 1. The molecule has 3 heterocycles. The van der Waals surface area contributed by atoms with E-state index in [1.165, 1.54) is 0 Å². The van der Waals surface area contributed by atoms with E-state index >= 15 is 0 Å². The van der Waals surface area contributed by atoms with Crippen molar-refractivity contribution in [2.45, 2.75) is 51.2 Å². The first-order chi connectivity index (χ1) is 12.6. The fraction of sp³-hybridized carbons (Fsp3) is 0.556. The fourth-order valence-electron chi connectivity index (χ4n) is 3.61. The number of nitrogens with one attached hydrogen (secondary N) is 1. The van der Waals surface area contributed by atoms with Crippen molar-refractivity contribution in [1.82, 2.24) is 14.8 Å². The van der Waals surface area contributed by atoms with E-state index < -0.39 is 10.0 Å². The Kier molecular flexibility index (Phi) is 4.95. The van der Waals surface area contributed by atoms with Gasteiger partial charge in [0, 0.05) is 30.8 Å². The SMILES string of the molecule is O=S(=O)(C[C@@H]1CCCCO1)Nc1ccc(-c2nnc3n2CCCC3)cc1. The van der Waals surface area contributed by atoms with Crippen molar-refractivity contribution in [1.29, 1.82) is 0 Å². The number of hydrogen-bond acceptors (Lipinski definition) is 5. The van der Waals surface area contributed by atoms with Crippen LogP contribution in [0.5, 0.6) is 0 Å². The van der Waals surface area contributed by atoms with E-state index in [1.54, 1.807) is 12.1 Å². The van der Waals surface area contributed by atoms with Crippen molar-refractivity contribution in [2.24, 2.45) is 0 Å². The maximum Gasteiger partial charge on any atom is 0.235 e. The highest BCUT2D eigenvalue weighted by Gasteiger charge is 2.22. The van der Waals surface area contributed by atoms with Gasteiger partial charge in [-0.25, -0.2) is 8.42 Å². The second-order valence-corrected chi connectivity index (χ2v) is 8.76. The van der Waals surface area contributed by atoms with Crippen LogP contribution in [0, 0.1) is 0 Å². The second kappa shape index (κ2) is 7.36. The molecule has 0 spiro atoms. The van der Waals surface area contributed by atoms with Crippen LogP contribution in [0.3, 0.4) is 0 Å². The largest absolute Gasteiger partial charge is 0.377 e. The van der Waals surface area contributed by atoms with E-state index in [-0.39, 0.29) is 11.9 Å². The van der Waals surface area contributed by atoms with Gasteiger partial charge in [0.15, 0.2) is 5.82 Å². The van der Waals surface area contributed by atoms with Crippen LogP contribution in [0.2, 0.25) is 0 Å². The van der Waals surface area contributed by atoms with E-state index in [9.17, 15) is 8.42 Å². The smallest absolute Gasteiger partial charge is 0.235 e. The molecule has 2 aromatic rings. The van der Waals surface area contributed by atoms with Crippen LogP contribution < -0.4 is 4.72 Å². The zero-order valence-electron chi connectivity index (χ0n) is 14.7. The van der Waals surface area contributed by atoms with Crippen molar-refractivity contribution >= 4 is 15.7 Å².